The number of nitrogens with one attached hydrogen (secondary N) is 3. The molecule has 1 aliphatic heterocycles. The van der Waals surface area contributed by atoms with Crippen LogP contribution in [0.25, 0.3) is 17.0 Å². The quantitative estimate of drug-likeness (QED) is 0.0983. The van der Waals surface area contributed by atoms with Crippen molar-refractivity contribution in [2.24, 2.45) is 0 Å². The van der Waals surface area contributed by atoms with E-state index in [0.717, 1.165) is 55.1 Å². The second-order valence-corrected chi connectivity index (χ2v) is 14.7. The number of carbonyl (C=O) groups is 1. The average Bonchev–Trinajstić information content (AvgIpc) is 3.68. The molecule has 4 N–H and O–H groups in total. The summed E-state index contributed by atoms with van der Waals surface area (Å²) in [6, 6.07) is 16.9. The number of aliphatic hydroxyl groups excluding tert-OH is 1. The first-order valence-electron chi connectivity index (χ1n) is 17.6. The Morgan fingerprint density at radius 1 is 1.06 bits per heavy atom. The summed E-state index contributed by atoms with van der Waals surface area (Å²) in [4.78, 5) is 44.4. The van der Waals surface area contributed by atoms with Gasteiger partial charge < -0.3 is 24.1 Å². The predicted molar refractivity (Wildman–Crippen MR) is 192 cm³/mol. The third kappa shape index (κ3) is 9.55. The number of hydrogen-bond acceptors (Lipinski definition) is 9. The first kappa shape index (κ1) is 36.5. The Labute approximate surface area is 295 Å². The van der Waals surface area contributed by atoms with Crippen molar-refractivity contribution in [3.8, 4) is 5.75 Å². The van der Waals surface area contributed by atoms with Crippen LogP contribution in [-0.2, 0) is 29.8 Å². The highest BCUT2D eigenvalue weighted by Crippen LogP contribution is 2.46. The van der Waals surface area contributed by atoms with Crippen molar-refractivity contribution in [3.63, 3.8) is 0 Å². The zero-order valence-corrected chi connectivity index (χ0v) is 29.5. The highest BCUT2D eigenvalue weighted by Gasteiger charge is 2.41. The number of aliphatic hydroxyl groups is 1. The number of aromatic amines is 2. The lowest BCUT2D eigenvalue weighted by Gasteiger charge is -2.27. The maximum Gasteiger partial charge on any atom is 0.459 e. The van der Waals surface area contributed by atoms with Crippen LogP contribution < -0.4 is 20.9 Å². The van der Waals surface area contributed by atoms with Crippen LogP contribution in [-0.4, -0.2) is 56.6 Å². The summed E-state index contributed by atoms with van der Waals surface area (Å²) in [5.74, 6) is -0.348. The molecule has 0 spiro atoms. The Morgan fingerprint density at radius 2 is 1.78 bits per heavy atom. The van der Waals surface area contributed by atoms with E-state index in [1.165, 1.54) is 17.2 Å². The summed E-state index contributed by atoms with van der Waals surface area (Å²) in [5.41, 5.74) is 0.603. The van der Waals surface area contributed by atoms with Crippen molar-refractivity contribution in [2.75, 3.05) is 6.61 Å². The number of para-hydroxylation sites is 2. The number of fused-ring (bicyclic) bond motifs is 1. The molecule has 13 nitrogen and oxygen atoms in total. The van der Waals surface area contributed by atoms with E-state index in [-0.39, 0.29) is 30.3 Å². The van der Waals surface area contributed by atoms with Crippen LogP contribution in [0, 0.1) is 0 Å². The van der Waals surface area contributed by atoms with Crippen LogP contribution >= 0.6 is 7.75 Å². The van der Waals surface area contributed by atoms with Crippen LogP contribution in [0.4, 0.5) is 0 Å². The van der Waals surface area contributed by atoms with Crippen LogP contribution in [0.3, 0.4) is 0 Å². The van der Waals surface area contributed by atoms with Gasteiger partial charge in [0.15, 0.2) is 0 Å². The van der Waals surface area contributed by atoms with Crippen molar-refractivity contribution in [1.29, 1.82) is 0 Å². The lowest BCUT2D eigenvalue weighted by molar-refractivity contribution is -0.152. The zero-order chi connectivity index (χ0) is 35.8. The fourth-order valence-electron chi connectivity index (χ4n) is 6.55. The molecule has 2 aromatic carbocycles. The van der Waals surface area contributed by atoms with Gasteiger partial charge in [0.2, 0.25) is 0 Å². The SMILES string of the molecule is C/C=C/c1cn(C2CC(O)C(COP(=O)(N[C@@H](Cc3cc4ccccc4[nH]3)C(=O)OC3CCCCCCC3)Oc3ccccc3)O2)c(=O)[nH]c1=O. The van der Waals surface area contributed by atoms with Gasteiger partial charge in [-0.3, -0.25) is 23.7 Å². The maximum absolute atomic E-state index is 14.7. The van der Waals surface area contributed by atoms with E-state index in [9.17, 15) is 24.1 Å². The molecule has 2 aliphatic rings. The standard InChI is InChI=1S/C37H45N4O9P/c1-2-13-26-23-41(37(45)39-35(26)43)34-22-32(42)33(49-34)24-47-51(46,50-29-17-9-6-10-18-29)40-31(21-27-20-25-14-11-12-19-30(25)38-27)36(44)48-28-15-7-4-3-5-8-16-28/h2,6,9-14,17-20,23,28,31-34,38,42H,3-5,7-8,15-16,21-22,24H2,1H3,(H,40,46)(H,39,43,45)/b13-2+/t31-,32?,33?,34?,51?/m0/s1. The van der Waals surface area contributed by atoms with Crippen molar-refractivity contribution >= 4 is 30.7 Å². The van der Waals surface area contributed by atoms with E-state index in [2.05, 4.69) is 15.1 Å². The number of aromatic nitrogens is 3. The number of esters is 1. The second-order valence-electron chi connectivity index (χ2n) is 13.1. The Balaban J connectivity index is 1.24. The van der Waals surface area contributed by atoms with E-state index >= 15 is 0 Å². The molecule has 5 atom stereocenters. The van der Waals surface area contributed by atoms with Crippen molar-refractivity contribution in [2.45, 2.75) is 95.3 Å². The highest BCUT2D eigenvalue weighted by molar-refractivity contribution is 7.52. The van der Waals surface area contributed by atoms with Gasteiger partial charge in [0.1, 0.15) is 30.2 Å². The molecule has 0 radical (unpaired) electrons. The highest BCUT2D eigenvalue weighted by atomic mass is 31.2. The molecule has 1 saturated heterocycles. The topological polar surface area (TPSA) is 174 Å². The normalized spacial score (nSPS) is 22.0. The average molecular weight is 721 g/mol. The molecule has 2 fully saturated rings. The summed E-state index contributed by atoms with van der Waals surface area (Å²) < 4.78 is 39.8. The summed E-state index contributed by atoms with van der Waals surface area (Å²) in [6.07, 6.45) is 8.12. The Bertz CT molecular complexity index is 1930. The van der Waals surface area contributed by atoms with Gasteiger partial charge in [-0.05, 0) is 62.3 Å². The number of nitrogens with zero attached hydrogens (tertiary/aromatic N) is 1. The van der Waals surface area contributed by atoms with Gasteiger partial charge in [0.25, 0.3) is 5.56 Å². The number of benzene rings is 2. The molecule has 1 saturated carbocycles. The molecule has 0 amide bonds. The number of carbonyl (C=O) groups excluding carboxylic acids is 1. The van der Waals surface area contributed by atoms with Gasteiger partial charge in [-0.1, -0.05) is 67.8 Å². The van der Waals surface area contributed by atoms with E-state index in [0.29, 0.717) is 0 Å². The first-order chi connectivity index (χ1) is 24.7. The minimum absolute atomic E-state index is 0.00323. The van der Waals surface area contributed by atoms with Gasteiger partial charge in [-0.2, -0.15) is 5.09 Å². The van der Waals surface area contributed by atoms with Crippen molar-refractivity contribution in [1.82, 2.24) is 19.6 Å². The lowest BCUT2D eigenvalue weighted by Crippen LogP contribution is -2.41. The largest absolute Gasteiger partial charge is 0.461 e. The molecule has 3 heterocycles. The molecular formula is C37H45N4O9P. The fourth-order valence-corrected chi connectivity index (χ4v) is 8.05. The smallest absolute Gasteiger partial charge is 0.459 e. The van der Waals surface area contributed by atoms with Crippen LogP contribution in [0.15, 0.2) is 82.5 Å². The molecule has 4 unspecified atom stereocenters. The summed E-state index contributed by atoms with van der Waals surface area (Å²) >= 11 is 0. The molecule has 51 heavy (non-hydrogen) atoms. The summed E-state index contributed by atoms with van der Waals surface area (Å²) in [7, 11) is -4.38. The van der Waals surface area contributed by atoms with E-state index in [1.807, 2.05) is 30.3 Å². The molecule has 2 aromatic heterocycles. The number of rotatable bonds is 13. The molecular weight excluding hydrogens is 675 g/mol. The zero-order valence-electron chi connectivity index (χ0n) is 28.6. The van der Waals surface area contributed by atoms with Gasteiger partial charge in [0.05, 0.1) is 18.3 Å². The monoisotopic (exact) mass is 720 g/mol. The van der Waals surface area contributed by atoms with Crippen LogP contribution in [0.5, 0.6) is 5.75 Å². The van der Waals surface area contributed by atoms with E-state index in [4.69, 9.17) is 18.5 Å². The third-order valence-electron chi connectivity index (χ3n) is 9.18. The summed E-state index contributed by atoms with van der Waals surface area (Å²) in [6.45, 7) is 1.33. The lowest BCUT2D eigenvalue weighted by atomic mass is 9.98. The molecule has 6 rings (SSSR count). The summed E-state index contributed by atoms with van der Waals surface area (Å²) in [5, 5.41) is 14.8. The van der Waals surface area contributed by atoms with Crippen molar-refractivity contribution < 1.29 is 33.0 Å². The predicted octanol–water partition coefficient (Wildman–Crippen LogP) is 5.76. The Morgan fingerprint density at radius 3 is 2.53 bits per heavy atom. The van der Waals surface area contributed by atoms with Crippen LogP contribution in [0.2, 0.25) is 0 Å². The molecule has 1 aliphatic carbocycles. The number of ether oxygens (including phenoxy) is 2. The molecule has 0 bridgehead atoms. The van der Waals surface area contributed by atoms with Gasteiger partial charge >= 0.3 is 19.4 Å². The minimum atomic E-state index is -4.38. The fraction of sp³-hybridized carbons (Fsp3) is 0.432. The number of H-pyrrole nitrogens is 2. The second kappa shape index (κ2) is 16.8. The van der Waals surface area contributed by atoms with E-state index < -0.39 is 56.0 Å². The number of hydrogen-bond donors (Lipinski definition) is 4. The van der Waals surface area contributed by atoms with Gasteiger partial charge in [0, 0.05) is 30.2 Å². The van der Waals surface area contributed by atoms with Gasteiger partial charge in [-0.25, -0.2) is 9.36 Å². The molecule has 14 heteroatoms. The first-order valence-corrected chi connectivity index (χ1v) is 19.1. The Hall–Kier alpha value is -4.26. The van der Waals surface area contributed by atoms with Crippen LogP contribution in [0.1, 0.15) is 75.8 Å². The van der Waals surface area contributed by atoms with Crippen molar-refractivity contribution in [3.05, 3.63) is 105 Å². The number of allylic oxidation sites excluding steroid dienone is 1. The molecule has 272 valence electrons. The maximum atomic E-state index is 14.7. The Kier molecular flexibility index (Phi) is 12.1. The minimum Gasteiger partial charge on any atom is -0.461 e. The molecule has 4 aromatic rings. The van der Waals surface area contributed by atoms with E-state index in [1.54, 1.807) is 49.4 Å². The third-order valence-corrected chi connectivity index (χ3v) is 10.7. The van der Waals surface area contributed by atoms with Gasteiger partial charge in [-0.15, -0.1) is 0 Å².